The van der Waals surface area contributed by atoms with Crippen LogP contribution in [0.1, 0.15) is 36.1 Å². The Morgan fingerprint density at radius 2 is 1.96 bits per heavy atom. The van der Waals surface area contributed by atoms with E-state index in [1.54, 1.807) is 5.56 Å². The number of para-hydroxylation sites is 1. The molecule has 0 saturated heterocycles. The van der Waals surface area contributed by atoms with Gasteiger partial charge in [-0.15, -0.1) is 0 Å². The first-order valence-corrected chi connectivity index (χ1v) is 10.4. The summed E-state index contributed by atoms with van der Waals surface area (Å²) >= 11 is 6.20. The fourth-order valence-electron chi connectivity index (χ4n) is 4.91. The number of halogens is 1. The number of fused-ring (bicyclic) bond motifs is 3. The van der Waals surface area contributed by atoms with Gasteiger partial charge in [-0.25, -0.2) is 0 Å². The summed E-state index contributed by atoms with van der Waals surface area (Å²) in [5.41, 5.74) is 7.03. The normalized spacial score (nSPS) is 22.5. The number of benzene rings is 2. The minimum absolute atomic E-state index is 0.556. The number of aromatic amines is 1. The molecule has 0 radical (unpaired) electrons. The Labute approximate surface area is 165 Å². The monoisotopic (exact) mass is 376 g/mol. The summed E-state index contributed by atoms with van der Waals surface area (Å²) in [5.74, 6) is 0.757. The van der Waals surface area contributed by atoms with Crippen LogP contribution in [0.4, 0.5) is 0 Å². The Bertz CT molecular complexity index is 1000. The molecule has 3 heteroatoms. The first kappa shape index (κ1) is 17.1. The van der Waals surface area contributed by atoms with Crippen LogP contribution in [0.5, 0.6) is 0 Å². The van der Waals surface area contributed by atoms with Gasteiger partial charge in [-0.3, -0.25) is 0 Å². The van der Waals surface area contributed by atoms with E-state index in [2.05, 4.69) is 58.8 Å². The molecule has 27 heavy (non-hydrogen) atoms. The summed E-state index contributed by atoms with van der Waals surface area (Å²) in [7, 11) is 0. The number of nitrogens with one attached hydrogen (secondary N) is 2. The second-order valence-corrected chi connectivity index (χ2v) is 8.46. The van der Waals surface area contributed by atoms with Gasteiger partial charge in [-0.1, -0.05) is 48.0 Å². The van der Waals surface area contributed by atoms with Gasteiger partial charge in [0.05, 0.1) is 0 Å². The SMILES string of the molecule is Clc1cccc(C2=CCNC(CC3CCc4[nH]c5ccccc5c4C3)C2)c1. The van der Waals surface area contributed by atoms with Crippen LogP contribution in [-0.2, 0) is 12.8 Å². The molecular weight excluding hydrogens is 352 g/mol. The van der Waals surface area contributed by atoms with Crippen molar-refractivity contribution in [3.8, 4) is 0 Å². The third-order valence-corrected chi connectivity index (χ3v) is 6.47. The summed E-state index contributed by atoms with van der Waals surface area (Å²) < 4.78 is 0. The maximum atomic E-state index is 6.20. The van der Waals surface area contributed by atoms with Crippen molar-refractivity contribution >= 4 is 28.1 Å². The van der Waals surface area contributed by atoms with Crippen molar-refractivity contribution in [3.05, 3.63) is 76.5 Å². The van der Waals surface area contributed by atoms with Crippen LogP contribution in [0, 0.1) is 5.92 Å². The Balaban J connectivity index is 1.29. The maximum absolute atomic E-state index is 6.20. The summed E-state index contributed by atoms with van der Waals surface area (Å²) in [4.78, 5) is 3.64. The molecule has 138 valence electrons. The topological polar surface area (TPSA) is 27.8 Å². The lowest BCUT2D eigenvalue weighted by Gasteiger charge is -2.30. The molecule has 1 aliphatic carbocycles. The van der Waals surface area contributed by atoms with Crippen molar-refractivity contribution < 1.29 is 0 Å². The van der Waals surface area contributed by atoms with Gasteiger partial charge in [0.2, 0.25) is 0 Å². The van der Waals surface area contributed by atoms with Gasteiger partial charge in [0.25, 0.3) is 0 Å². The van der Waals surface area contributed by atoms with Crippen LogP contribution >= 0.6 is 11.6 Å². The molecule has 0 amide bonds. The predicted octanol–water partition coefficient (Wildman–Crippen LogP) is 5.76. The average Bonchev–Trinajstić information content (AvgIpc) is 3.06. The highest BCUT2D eigenvalue weighted by molar-refractivity contribution is 6.30. The largest absolute Gasteiger partial charge is 0.358 e. The van der Waals surface area contributed by atoms with Crippen molar-refractivity contribution in [2.75, 3.05) is 6.54 Å². The van der Waals surface area contributed by atoms with Crippen molar-refractivity contribution in [1.82, 2.24) is 10.3 Å². The number of aromatic nitrogens is 1. The lowest BCUT2D eigenvalue weighted by Crippen LogP contribution is -2.35. The number of aryl methyl sites for hydroxylation is 1. The second kappa shape index (κ2) is 7.18. The Morgan fingerprint density at radius 1 is 1.04 bits per heavy atom. The zero-order valence-electron chi connectivity index (χ0n) is 15.5. The first-order valence-electron chi connectivity index (χ1n) is 10.0. The summed E-state index contributed by atoms with van der Waals surface area (Å²) in [5, 5.41) is 5.96. The zero-order valence-corrected chi connectivity index (χ0v) is 16.2. The van der Waals surface area contributed by atoms with E-state index in [1.807, 2.05) is 6.07 Å². The van der Waals surface area contributed by atoms with Crippen LogP contribution in [-0.4, -0.2) is 17.6 Å². The number of H-pyrrole nitrogens is 1. The molecule has 1 aromatic heterocycles. The minimum Gasteiger partial charge on any atom is -0.358 e. The molecule has 5 rings (SSSR count). The summed E-state index contributed by atoms with van der Waals surface area (Å²) in [6.07, 6.45) is 8.33. The molecule has 2 nitrogen and oxygen atoms in total. The van der Waals surface area contributed by atoms with Gasteiger partial charge in [0.1, 0.15) is 0 Å². The second-order valence-electron chi connectivity index (χ2n) is 8.02. The molecule has 2 aliphatic rings. The van der Waals surface area contributed by atoms with Gasteiger partial charge < -0.3 is 10.3 Å². The first-order chi connectivity index (χ1) is 13.3. The smallest absolute Gasteiger partial charge is 0.0458 e. The van der Waals surface area contributed by atoms with E-state index in [1.165, 1.54) is 53.4 Å². The minimum atomic E-state index is 0.556. The van der Waals surface area contributed by atoms with E-state index >= 15 is 0 Å². The van der Waals surface area contributed by atoms with Crippen LogP contribution < -0.4 is 5.32 Å². The summed E-state index contributed by atoms with van der Waals surface area (Å²) in [6.45, 7) is 0.956. The third kappa shape index (κ3) is 3.44. The molecule has 0 spiro atoms. The van der Waals surface area contributed by atoms with Crippen LogP contribution in [0.2, 0.25) is 5.02 Å². The van der Waals surface area contributed by atoms with E-state index < -0.39 is 0 Å². The van der Waals surface area contributed by atoms with Crippen molar-refractivity contribution in [2.24, 2.45) is 5.92 Å². The van der Waals surface area contributed by atoms with Crippen molar-refractivity contribution in [2.45, 2.75) is 38.1 Å². The molecule has 0 fully saturated rings. The fraction of sp³-hybridized carbons (Fsp3) is 0.333. The van der Waals surface area contributed by atoms with Gasteiger partial charge >= 0.3 is 0 Å². The van der Waals surface area contributed by atoms with Gasteiger partial charge in [-0.05, 0) is 72.9 Å². The highest BCUT2D eigenvalue weighted by atomic mass is 35.5. The van der Waals surface area contributed by atoms with Gasteiger partial charge in [0.15, 0.2) is 0 Å². The molecule has 3 aromatic rings. The van der Waals surface area contributed by atoms with Crippen LogP contribution in [0.3, 0.4) is 0 Å². The van der Waals surface area contributed by atoms with E-state index in [0.29, 0.717) is 6.04 Å². The molecular formula is C24H25ClN2. The number of rotatable bonds is 3. The molecule has 2 N–H and O–H groups in total. The van der Waals surface area contributed by atoms with E-state index in [4.69, 9.17) is 11.6 Å². The Morgan fingerprint density at radius 3 is 2.89 bits per heavy atom. The number of hydrogen-bond donors (Lipinski definition) is 2. The van der Waals surface area contributed by atoms with Crippen LogP contribution in [0.25, 0.3) is 16.5 Å². The molecule has 2 unspecified atom stereocenters. The van der Waals surface area contributed by atoms with Gasteiger partial charge in [0, 0.05) is 34.2 Å². The number of hydrogen-bond acceptors (Lipinski definition) is 1. The van der Waals surface area contributed by atoms with Gasteiger partial charge in [-0.2, -0.15) is 0 Å². The highest BCUT2D eigenvalue weighted by Crippen LogP contribution is 2.35. The molecule has 0 saturated carbocycles. The molecule has 2 aromatic carbocycles. The Kier molecular flexibility index (Phi) is 4.55. The Hall–Kier alpha value is -2.03. The quantitative estimate of drug-likeness (QED) is 0.597. The molecule has 2 heterocycles. The van der Waals surface area contributed by atoms with Crippen molar-refractivity contribution in [1.29, 1.82) is 0 Å². The maximum Gasteiger partial charge on any atom is 0.0458 e. The van der Waals surface area contributed by atoms with Crippen molar-refractivity contribution in [3.63, 3.8) is 0 Å². The average molecular weight is 377 g/mol. The summed E-state index contributed by atoms with van der Waals surface area (Å²) in [6, 6.07) is 17.6. The fourth-order valence-corrected chi connectivity index (χ4v) is 5.10. The van der Waals surface area contributed by atoms with E-state index in [-0.39, 0.29) is 0 Å². The predicted molar refractivity (Wildman–Crippen MR) is 114 cm³/mol. The lowest BCUT2D eigenvalue weighted by molar-refractivity contribution is 0.356. The molecule has 0 bridgehead atoms. The molecule has 2 atom stereocenters. The van der Waals surface area contributed by atoms with E-state index in [0.717, 1.165) is 23.9 Å². The third-order valence-electron chi connectivity index (χ3n) is 6.23. The standard InChI is InChI=1S/C24H25ClN2/c25-19-5-3-4-17(14-19)18-10-11-26-20(15-18)12-16-8-9-24-22(13-16)21-6-1-2-7-23(21)27-24/h1-7,10,14,16,20,26-27H,8-9,11-13,15H2. The molecule has 1 aliphatic heterocycles. The highest BCUT2D eigenvalue weighted by Gasteiger charge is 2.26. The zero-order chi connectivity index (χ0) is 18.2. The van der Waals surface area contributed by atoms with E-state index in [9.17, 15) is 0 Å². The lowest BCUT2D eigenvalue weighted by atomic mass is 9.80. The van der Waals surface area contributed by atoms with Crippen LogP contribution in [0.15, 0.2) is 54.6 Å².